The maximum Gasteiger partial charge on any atom is 0.214 e. The summed E-state index contributed by atoms with van der Waals surface area (Å²) in [5, 5.41) is 9.54. The van der Waals surface area contributed by atoms with E-state index in [1.54, 1.807) is 25.6 Å². The summed E-state index contributed by atoms with van der Waals surface area (Å²) in [6.07, 6.45) is 0.419. The zero-order valence-corrected chi connectivity index (χ0v) is 17.5. The number of hydrogen-bond acceptors (Lipinski definition) is 6. The van der Waals surface area contributed by atoms with Crippen LogP contribution in [0, 0.1) is 0 Å². The van der Waals surface area contributed by atoms with Crippen LogP contribution in [-0.4, -0.2) is 24.9 Å². The minimum absolute atomic E-state index is 0.105. The fraction of sp³-hybridized carbons (Fsp3) is 0.227. The molecule has 2 aliphatic heterocycles. The number of benzene rings is 2. The van der Waals surface area contributed by atoms with E-state index in [-0.39, 0.29) is 6.04 Å². The average Bonchev–Trinajstić information content (AvgIpc) is 3.42. The molecule has 5 nitrogen and oxygen atoms in total. The summed E-state index contributed by atoms with van der Waals surface area (Å²) >= 11 is 8.17. The summed E-state index contributed by atoms with van der Waals surface area (Å²) in [6, 6.07) is 16.2. The predicted octanol–water partition coefficient (Wildman–Crippen LogP) is 5.66. The number of nitrogens with zero attached hydrogens (tertiary/aromatic N) is 2. The quantitative estimate of drug-likeness (QED) is 0.539. The van der Waals surface area contributed by atoms with Gasteiger partial charge in [0.25, 0.3) is 0 Å². The Morgan fingerprint density at radius 1 is 1.14 bits per heavy atom. The number of halogens is 1. The lowest BCUT2D eigenvalue weighted by Gasteiger charge is -2.38. The fourth-order valence-electron chi connectivity index (χ4n) is 3.93. The second-order valence-electron chi connectivity index (χ2n) is 6.87. The first-order valence-corrected chi connectivity index (χ1v) is 10.5. The molecule has 2 aliphatic rings. The molecule has 0 saturated carbocycles. The van der Waals surface area contributed by atoms with Gasteiger partial charge in [-0.3, -0.25) is 0 Å². The molecule has 3 aromatic rings. The van der Waals surface area contributed by atoms with Gasteiger partial charge in [-0.05, 0) is 29.6 Å². The minimum atomic E-state index is -0.412. The van der Waals surface area contributed by atoms with Gasteiger partial charge in [0.15, 0.2) is 11.5 Å². The maximum absolute atomic E-state index is 6.47. The highest BCUT2D eigenvalue weighted by atomic mass is 35.5. The van der Waals surface area contributed by atoms with Gasteiger partial charge in [0.05, 0.1) is 35.9 Å². The monoisotopic (exact) mass is 426 g/mol. The van der Waals surface area contributed by atoms with Gasteiger partial charge in [-0.1, -0.05) is 35.9 Å². The van der Waals surface area contributed by atoms with Gasteiger partial charge in [0, 0.05) is 17.5 Å². The number of methoxy groups -OCH3 is 2. The van der Waals surface area contributed by atoms with E-state index in [2.05, 4.69) is 23.6 Å². The first kappa shape index (κ1) is 18.3. The largest absolute Gasteiger partial charge is 0.493 e. The summed E-state index contributed by atoms with van der Waals surface area (Å²) < 4.78 is 17.3. The van der Waals surface area contributed by atoms with Crippen molar-refractivity contribution in [2.45, 2.75) is 18.7 Å². The Bertz CT molecular complexity index is 1080. The van der Waals surface area contributed by atoms with Crippen molar-refractivity contribution >= 4 is 28.6 Å². The molecule has 0 spiro atoms. The Morgan fingerprint density at radius 2 is 2.00 bits per heavy atom. The van der Waals surface area contributed by atoms with Crippen LogP contribution in [0.15, 0.2) is 59.0 Å². The van der Waals surface area contributed by atoms with Gasteiger partial charge in [-0.25, -0.2) is 5.01 Å². The van der Waals surface area contributed by atoms with Crippen LogP contribution in [0.25, 0.3) is 0 Å². The lowest BCUT2D eigenvalue weighted by molar-refractivity contribution is -0.0191. The van der Waals surface area contributed by atoms with Crippen molar-refractivity contribution in [2.75, 3.05) is 14.2 Å². The second kappa shape index (κ2) is 7.28. The average molecular weight is 427 g/mol. The Kier molecular flexibility index (Phi) is 4.60. The van der Waals surface area contributed by atoms with Crippen LogP contribution in [-0.2, 0) is 0 Å². The molecule has 2 aromatic carbocycles. The van der Waals surface area contributed by atoms with Crippen LogP contribution in [0.5, 0.6) is 17.2 Å². The van der Waals surface area contributed by atoms with Gasteiger partial charge in [-0.2, -0.15) is 5.10 Å². The molecule has 0 aliphatic carbocycles. The van der Waals surface area contributed by atoms with E-state index in [1.807, 2.05) is 35.3 Å². The zero-order chi connectivity index (χ0) is 20.0. The van der Waals surface area contributed by atoms with Gasteiger partial charge >= 0.3 is 0 Å². The van der Waals surface area contributed by atoms with Crippen molar-refractivity contribution in [3.63, 3.8) is 0 Å². The molecule has 0 saturated heterocycles. The SMILES string of the molecule is COc1cc(C2Oc3ccccc3C3CC(c4cccs4)=NN32)cc(Cl)c1OC. The van der Waals surface area contributed by atoms with E-state index in [1.165, 1.54) is 4.88 Å². The standard InChI is InChI=1S/C22H19ClN2O3S/c1-26-19-11-13(10-15(23)21(19)27-2)22-25-17(14-6-3-4-7-18(14)28-22)12-16(24-25)20-8-5-9-29-20/h3-11,17,22H,12H2,1-2H3. The summed E-state index contributed by atoms with van der Waals surface area (Å²) in [6.45, 7) is 0. The summed E-state index contributed by atoms with van der Waals surface area (Å²) in [5.74, 6) is 1.94. The Morgan fingerprint density at radius 3 is 2.76 bits per heavy atom. The molecular weight excluding hydrogens is 408 g/mol. The molecule has 29 heavy (non-hydrogen) atoms. The number of hydrazone groups is 1. The molecule has 3 heterocycles. The summed E-state index contributed by atoms with van der Waals surface area (Å²) in [7, 11) is 3.17. The van der Waals surface area contributed by atoms with Gasteiger partial charge < -0.3 is 14.2 Å². The number of para-hydroxylation sites is 1. The highest BCUT2D eigenvalue weighted by Gasteiger charge is 2.41. The smallest absolute Gasteiger partial charge is 0.214 e. The molecule has 2 unspecified atom stereocenters. The maximum atomic E-state index is 6.47. The molecule has 0 N–H and O–H groups in total. The molecule has 5 rings (SSSR count). The highest BCUT2D eigenvalue weighted by molar-refractivity contribution is 7.12. The van der Waals surface area contributed by atoms with Crippen molar-refractivity contribution in [2.24, 2.45) is 5.10 Å². The summed E-state index contributed by atoms with van der Waals surface area (Å²) in [5.41, 5.74) is 3.08. The Hall–Kier alpha value is -2.70. The minimum Gasteiger partial charge on any atom is -0.493 e. The molecule has 0 amide bonds. The van der Waals surface area contributed by atoms with E-state index >= 15 is 0 Å². The molecule has 0 radical (unpaired) electrons. The predicted molar refractivity (Wildman–Crippen MR) is 114 cm³/mol. The molecule has 2 atom stereocenters. The van der Waals surface area contributed by atoms with Gasteiger partial charge in [0.1, 0.15) is 5.75 Å². The third kappa shape index (κ3) is 3.03. The van der Waals surface area contributed by atoms with E-state index in [0.717, 1.165) is 29.0 Å². The second-order valence-corrected chi connectivity index (χ2v) is 8.23. The zero-order valence-electron chi connectivity index (χ0n) is 16.0. The summed E-state index contributed by atoms with van der Waals surface area (Å²) in [4.78, 5) is 1.18. The lowest BCUT2D eigenvalue weighted by atomic mass is 9.97. The molecule has 148 valence electrons. The Labute approximate surface area is 178 Å². The first-order chi connectivity index (χ1) is 14.2. The van der Waals surface area contributed by atoms with E-state index in [0.29, 0.717) is 16.5 Å². The molecule has 1 aromatic heterocycles. The van der Waals surface area contributed by atoms with Crippen molar-refractivity contribution < 1.29 is 14.2 Å². The fourth-order valence-corrected chi connectivity index (χ4v) is 4.94. The van der Waals surface area contributed by atoms with E-state index < -0.39 is 6.23 Å². The third-order valence-corrected chi connectivity index (χ3v) is 6.45. The number of hydrogen-bond donors (Lipinski definition) is 0. The van der Waals surface area contributed by atoms with Crippen molar-refractivity contribution in [3.8, 4) is 17.2 Å². The van der Waals surface area contributed by atoms with Crippen LogP contribution < -0.4 is 14.2 Å². The van der Waals surface area contributed by atoms with E-state index in [9.17, 15) is 0 Å². The van der Waals surface area contributed by atoms with Gasteiger partial charge in [-0.15, -0.1) is 11.3 Å². The molecule has 0 bridgehead atoms. The number of rotatable bonds is 4. The first-order valence-electron chi connectivity index (χ1n) is 9.26. The van der Waals surface area contributed by atoms with Crippen LogP contribution in [0.1, 0.15) is 34.7 Å². The van der Waals surface area contributed by atoms with Crippen molar-refractivity contribution in [1.29, 1.82) is 0 Å². The third-order valence-electron chi connectivity index (χ3n) is 5.25. The molecule has 0 fully saturated rings. The van der Waals surface area contributed by atoms with Crippen LogP contribution in [0.2, 0.25) is 5.02 Å². The van der Waals surface area contributed by atoms with Gasteiger partial charge in [0.2, 0.25) is 6.23 Å². The number of fused-ring (bicyclic) bond motifs is 3. The Balaban J connectivity index is 1.62. The van der Waals surface area contributed by atoms with Crippen LogP contribution in [0.4, 0.5) is 0 Å². The van der Waals surface area contributed by atoms with E-state index in [4.69, 9.17) is 30.9 Å². The normalized spacial score (nSPS) is 19.8. The van der Waals surface area contributed by atoms with Crippen LogP contribution >= 0.6 is 22.9 Å². The lowest BCUT2D eigenvalue weighted by Crippen LogP contribution is -2.33. The van der Waals surface area contributed by atoms with Crippen molar-refractivity contribution in [1.82, 2.24) is 5.01 Å². The number of thiophene rings is 1. The van der Waals surface area contributed by atoms with Crippen molar-refractivity contribution in [3.05, 3.63) is 74.9 Å². The molecular formula is C22H19ClN2O3S. The van der Waals surface area contributed by atoms with Crippen LogP contribution in [0.3, 0.4) is 0 Å². The number of ether oxygens (including phenoxy) is 3. The topological polar surface area (TPSA) is 43.3 Å². The molecule has 7 heteroatoms. The highest BCUT2D eigenvalue weighted by Crippen LogP contribution is 2.49.